The van der Waals surface area contributed by atoms with E-state index in [1.165, 1.54) is 12.5 Å². The SMILES string of the molecule is COc1ccc(NC[C@H]2[C@@H](c3ccc(C#Cc4ccccc4)cc3)[C@@H](CN(C)C)N2CCC(CNC=O)COC(C)=O)cc1. The predicted octanol–water partition coefficient (Wildman–Crippen LogP) is 4.22. The molecule has 0 bridgehead atoms. The summed E-state index contributed by atoms with van der Waals surface area (Å²) in [7, 11) is 5.89. The van der Waals surface area contributed by atoms with Gasteiger partial charge in [-0.3, -0.25) is 14.5 Å². The minimum absolute atomic E-state index is 0.0285. The number of anilines is 1. The van der Waals surface area contributed by atoms with Crippen molar-refractivity contribution in [3.63, 3.8) is 0 Å². The smallest absolute Gasteiger partial charge is 0.302 e. The van der Waals surface area contributed by atoms with Crippen LogP contribution in [0.2, 0.25) is 0 Å². The van der Waals surface area contributed by atoms with E-state index >= 15 is 0 Å². The van der Waals surface area contributed by atoms with E-state index in [9.17, 15) is 9.59 Å². The van der Waals surface area contributed by atoms with Gasteiger partial charge in [-0.15, -0.1) is 0 Å². The summed E-state index contributed by atoms with van der Waals surface area (Å²) in [6.45, 7) is 4.64. The Morgan fingerprint density at radius 2 is 1.66 bits per heavy atom. The minimum Gasteiger partial charge on any atom is -0.497 e. The van der Waals surface area contributed by atoms with Crippen molar-refractivity contribution in [2.24, 2.45) is 5.92 Å². The largest absolute Gasteiger partial charge is 0.497 e. The van der Waals surface area contributed by atoms with E-state index in [4.69, 9.17) is 9.47 Å². The second kappa shape index (κ2) is 16.5. The van der Waals surface area contributed by atoms with Gasteiger partial charge in [-0.05, 0) is 81.2 Å². The van der Waals surface area contributed by atoms with Crippen molar-refractivity contribution >= 4 is 18.1 Å². The second-order valence-corrected chi connectivity index (χ2v) is 11.5. The van der Waals surface area contributed by atoms with Crippen LogP contribution in [0, 0.1) is 17.8 Å². The van der Waals surface area contributed by atoms with Gasteiger partial charge in [0.25, 0.3) is 0 Å². The number of likely N-dealkylation sites (N-methyl/N-ethyl adjacent to an activating group) is 1. The summed E-state index contributed by atoms with van der Waals surface area (Å²) in [5.41, 5.74) is 4.31. The van der Waals surface area contributed by atoms with Crippen molar-refractivity contribution < 1.29 is 19.1 Å². The zero-order chi connectivity index (χ0) is 31.3. The molecule has 0 radical (unpaired) electrons. The van der Waals surface area contributed by atoms with Crippen LogP contribution in [0.5, 0.6) is 5.75 Å². The molecule has 1 aliphatic rings. The summed E-state index contributed by atoms with van der Waals surface area (Å²) >= 11 is 0. The fourth-order valence-corrected chi connectivity index (χ4v) is 5.84. The maximum atomic E-state index is 11.5. The Kier molecular flexibility index (Phi) is 12.2. The molecular weight excluding hydrogens is 552 g/mol. The number of benzene rings is 3. The highest BCUT2D eigenvalue weighted by atomic mass is 16.5. The summed E-state index contributed by atoms with van der Waals surface area (Å²) in [4.78, 5) is 27.3. The highest BCUT2D eigenvalue weighted by Gasteiger charge is 2.48. The molecule has 0 aromatic heterocycles. The maximum Gasteiger partial charge on any atom is 0.302 e. The van der Waals surface area contributed by atoms with Crippen LogP contribution in [0.15, 0.2) is 78.9 Å². The van der Waals surface area contributed by atoms with E-state index in [0.29, 0.717) is 24.9 Å². The zero-order valence-electron chi connectivity index (χ0n) is 26.2. The monoisotopic (exact) mass is 596 g/mol. The first-order valence-electron chi connectivity index (χ1n) is 15.1. The van der Waals surface area contributed by atoms with Gasteiger partial charge in [0.15, 0.2) is 0 Å². The molecule has 0 spiro atoms. The number of nitrogens with one attached hydrogen (secondary N) is 2. The van der Waals surface area contributed by atoms with Gasteiger partial charge < -0.3 is 25.0 Å². The lowest BCUT2D eigenvalue weighted by molar-refractivity contribution is -0.142. The van der Waals surface area contributed by atoms with Crippen molar-refractivity contribution in [3.05, 3.63) is 95.6 Å². The maximum absolute atomic E-state index is 11.5. The number of nitrogens with zero attached hydrogens (tertiary/aromatic N) is 2. The first-order valence-corrected chi connectivity index (χ1v) is 15.1. The summed E-state index contributed by atoms with van der Waals surface area (Å²) < 4.78 is 10.7. The lowest BCUT2D eigenvalue weighted by Gasteiger charge is -2.57. The van der Waals surface area contributed by atoms with Crippen molar-refractivity contribution in [3.8, 4) is 17.6 Å². The third-order valence-electron chi connectivity index (χ3n) is 8.07. The number of hydrogen-bond acceptors (Lipinski definition) is 7. The lowest BCUT2D eigenvalue weighted by Crippen LogP contribution is -2.67. The highest BCUT2D eigenvalue weighted by Crippen LogP contribution is 2.41. The second-order valence-electron chi connectivity index (χ2n) is 11.5. The fourth-order valence-electron chi connectivity index (χ4n) is 5.84. The standard InChI is InChI=1S/C36H44N4O4/c1-27(42)44-25-30(22-37-26-41)20-21-40-34(23-38-32-16-18-33(43-4)19-17-32)36(35(40)24-39(2)3)31-14-12-29(13-15-31)11-10-28-8-6-5-7-9-28/h5-9,12-19,26,30,34-36,38H,20-25H2,1-4H3,(H,37,41)/t30?,34-,35+,36+/m0/s1. The average Bonchev–Trinajstić information content (AvgIpc) is 3.03. The third kappa shape index (κ3) is 9.34. The predicted molar refractivity (Wildman–Crippen MR) is 175 cm³/mol. The van der Waals surface area contributed by atoms with Crippen LogP contribution in [-0.2, 0) is 14.3 Å². The molecule has 1 heterocycles. The van der Waals surface area contributed by atoms with Crippen molar-refractivity contribution in [2.45, 2.75) is 31.3 Å². The number of ether oxygens (including phenoxy) is 2. The molecule has 3 aromatic rings. The number of likely N-dealkylation sites (tertiary alicyclic amines) is 1. The van der Waals surface area contributed by atoms with E-state index in [1.807, 2.05) is 54.6 Å². The normalized spacial score (nSPS) is 18.3. The van der Waals surface area contributed by atoms with Crippen LogP contribution < -0.4 is 15.4 Å². The molecule has 4 rings (SSSR count). The van der Waals surface area contributed by atoms with Crippen LogP contribution >= 0.6 is 0 Å². The van der Waals surface area contributed by atoms with Crippen molar-refractivity contribution in [2.75, 3.05) is 59.3 Å². The van der Waals surface area contributed by atoms with E-state index < -0.39 is 0 Å². The van der Waals surface area contributed by atoms with E-state index in [0.717, 1.165) is 48.6 Å². The number of methoxy groups -OCH3 is 1. The molecule has 1 amide bonds. The number of amides is 1. The summed E-state index contributed by atoms with van der Waals surface area (Å²) in [6.07, 6.45) is 1.49. The molecule has 232 valence electrons. The fraction of sp³-hybridized carbons (Fsp3) is 0.389. The number of rotatable bonds is 15. The van der Waals surface area contributed by atoms with E-state index in [2.05, 4.69) is 70.6 Å². The Morgan fingerprint density at radius 3 is 2.27 bits per heavy atom. The van der Waals surface area contributed by atoms with E-state index in [1.54, 1.807) is 7.11 Å². The van der Waals surface area contributed by atoms with Gasteiger partial charge >= 0.3 is 5.97 Å². The van der Waals surface area contributed by atoms with Gasteiger partial charge in [-0.1, -0.05) is 42.2 Å². The summed E-state index contributed by atoms with van der Waals surface area (Å²) in [5.74, 6) is 7.39. The van der Waals surface area contributed by atoms with Crippen molar-refractivity contribution in [1.82, 2.24) is 15.1 Å². The first-order chi connectivity index (χ1) is 21.4. The molecule has 1 unspecified atom stereocenters. The number of carbonyl (C=O) groups is 2. The minimum atomic E-state index is -0.311. The van der Waals surface area contributed by atoms with Gasteiger partial charge in [0.1, 0.15) is 5.75 Å². The Morgan fingerprint density at radius 1 is 0.977 bits per heavy atom. The molecule has 44 heavy (non-hydrogen) atoms. The van der Waals surface area contributed by atoms with Gasteiger partial charge in [0.2, 0.25) is 6.41 Å². The Bertz CT molecular complexity index is 1380. The molecular formula is C36H44N4O4. The molecule has 2 N–H and O–H groups in total. The average molecular weight is 597 g/mol. The van der Waals surface area contributed by atoms with Crippen LogP contribution in [-0.4, -0.2) is 88.3 Å². The summed E-state index contributed by atoms with van der Waals surface area (Å²) in [6, 6.07) is 27.2. The molecule has 8 nitrogen and oxygen atoms in total. The molecule has 8 heteroatoms. The Hall–Kier alpha value is -4.32. The third-order valence-corrected chi connectivity index (χ3v) is 8.07. The van der Waals surface area contributed by atoms with Crippen LogP contribution in [0.3, 0.4) is 0 Å². The van der Waals surface area contributed by atoms with Gasteiger partial charge in [-0.25, -0.2) is 0 Å². The Balaban J connectivity index is 1.55. The van der Waals surface area contributed by atoms with Crippen molar-refractivity contribution in [1.29, 1.82) is 0 Å². The van der Waals surface area contributed by atoms with Gasteiger partial charge in [0.05, 0.1) is 13.7 Å². The molecule has 4 atom stereocenters. The molecule has 1 fully saturated rings. The molecule has 1 saturated heterocycles. The van der Waals surface area contributed by atoms with Crippen LogP contribution in [0.25, 0.3) is 0 Å². The first kappa shape index (κ1) is 32.6. The molecule has 1 aliphatic heterocycles. The summed E-state index contributed by atoms with van der Waals surface area (Å²) in [5, 5.41) is 6.42. The zero-order valence-corrected chi connectivity index (χ0v) is 26.2. The van der Waals surface area contributed by atoms with Crippen LogP contribution in [0.4, 0.5) is 5.69 Å². The van der Waals surface area contributed by atoms with Gasteiger partial charge in [0, 0.05) is 67.3 Å². The Labute approximate surface area is 261 Å². The molecule has 3 aromatic carbocycles. The lowest BCUT2D eigenvalue weighted by atomic mass is 9.74. The molecule has 0 aliphatic carbocycles. The number of esters is 1. The number of carbonyl (C=O) groups excluding carboxylic acids is 2. The van der Waals surface area contributed by atoms with Crippen LogP contribution in [0.1, 0.15) is 36.0 Å². The van der Waals surface area contributed by atoms with Gasteiger partial charge in [-0.2, -0.15) is 0 Å². The molecule has 0 saturated carbocycles. The quantitative estimate of drug-likeness (QED) is 0.154. The van der Waals surface area contributed by atoms with E-state index in [-0.39, 0.29) is 24.5 Å². The topological polar surface area (TPSA) is 83.1 Å². The number of hydrogen-bond donors (Lipinski definition) is 2. The highest BCUT2D eigenvalue weighted by molar-refractivity contribution is 5.65.